The molecule has 25 heavy (non-hydrogen) atoms. The number of aromatic nitrogens is 1. The Kier molecular flexibility index (Phi) is 5.50. The number of rotatable bonds is 6. The second-order valence-corrected chi connectivity index (χ2v) is 6.11. The van der Waals surface area contributed by atoms with Crippen LogP contribution in [0.25, 0.3) is 0 Å². The molecule has 3 rings (SSSR count). The van der Waals surface area contributed by atoms with Gasteiger partial charge in [0.1, 0.15) is 11.4 Å². The Labute approximate surface area is 147 Å². The van der Waals surface area contributed by atoms with Crippen molar-refractivity contribution in [3.05, 3.63) is 47.8 Å². The average molecular weight is 341 g/mol. The molecule has 2 N–H and O–H groups in total. The lowest BCUT2D eigenvalue weighted by atomic mass is 10.2. The molecule has 1 unspecified atom stereocenters. The fraction of sp³-hybridized carbons (Fsp3) is 0.368. The number of nitrogens with zero attached hydrogens (tertiary/aromatic N) is 1. The molecular formula is C19H23N3O3. The lowest BCUT2D eigenvalue weighted by molar-refractivity contribution is 0.102. The van der Waals surface area contributed by atoms with Crippen molar-refractivity contribution in [2.24, 2.45) is 0 Å². The van der Waals surface area contributed by atoms with Crippen molar-refractivity contribution >= 4 is 17.3 Å². The van der Waals surface area contributed by atoms with E-state index in [2.05, 4.69) is 15.6 Å². The predicted molar refractivity (Wildman–Crippen MR) is 97.4 cm³/mol. The van der Waals surface area contributed by atoms with Crippen LogP contribution in [0, 0.1) is 6.92 Å². The molecule has 1 saturated heterocycles. The number of amides is 1. The van der Waals surface area contributed by atoms with Gasteiger partial charge in [-0.05, 0) is 49.6 Å². The Hall–Kier alpha value is -2.60. The Bertz CT molecular complexity index is 725. The quantitative estimate of drug-likeness (QED) is 0.844. The van der Waals surface area contributed by atoms with Crippen LogP contribution in [0.2, 0.25) is 0 Å². The standard InChI is InChI=1S/C19H23N3O3/c1-13-5-8-18(24-2)17(10-13)22-19(23)16-7-6-14(11-21-16)20-12-15-4-3-9-25-15/h5-8,10-11,15,20H,3-4,9,12H2,1-2H3,(H,22,23). The van der Waals surface area contributed by atoms with E-state index in [4.69, 9.17) is 9.47 Å². The molecule has 0 saturated carbocycles. The van der Waals surface area contributed by atoms with Gasteiger partial charge < -0.3 is 20.1 Å². The topological polar surface area (TPSA) is 72.5 Å². The summed E-state index contributed by atoms with van der Waals surface area (Å²) in [7, 11) is 1.58. The summed E-state index contributed by atoms with van der Waals surface area (Å²) in [5.74, 6) is 0.350. The van der Waals surface area contributed by atoms with E-state index in [9.17, 15) is 4.79 Å². The van der Waals surface area contributed by atoms with Crippen molar-refractivity contribution in [1.82, 2.24) is 4.98 Å². The van der Waals surface area contributed by atoms with Crippen molar-refractivity contribution in [1.29, 1.82) is 0 Å². The van der Waals surface area contributed by atoms with E-state index in [1.54, 1.807) is 19.4 Å². The number of aryl methyl sites for hydroxylation is 1. The summed E-state index contributed by atoms with van der Waals surface area (Å²) in [5.41, 5.74) is 2.90. The predicted octanol–water partition coefficient (Wildman–Crippen LogP) is 3.24. The minimum absolute atomic E-state index is 0.261. The SMILES string of the molecule is COc1ccc(C)cc1NC(=O)c1ccc(NCC2CCCO2)cn1. The third-order valence-corrected chi connectivity index (χ3v) is 4.16. The number of hydrogen-bond donors (Lipinski definition) is 2. The number of pyridine rings is 1. The normalized spacial score (nSPS) is 16.5. The number of methoxy groups -OCH3 is 1. The first-order valence-corrected chi connectivity index (χ1v) is 8.43. The second-order valence-electron chi connectivity index (χ2n) is 6.11. The van der Waals surface area contributed by atoms with Crippen LogP contribution >= 0.6 is 0 Å². The third-order valence-electron chi connectivity index (χ3n) is 4.16. The van der Waals surface area contributed by atoms with Gasteiger partial charge >= 0.3 is 0 Å². The van der Waals surface area contributed by atoms with Crippen LogP contribution in [-0.2, 0) is 4.74 Å². The molecule has 132 valence electrons. The van der Waals surface area contributed by atoms with E-state index in [0.717, 1.165) is 37.2 Å². The van der Waals surface area contributed by atoms with Gasteiger partial charge in [-0.3, -0.25) is 4.79 Å². The summed E-state index contributed by atoms with van der Waals surface area (Å²) >= 11 is 0. The minimum Gasteiger partial charge on any atom is -0.495 e. The van der Waals surface area contributed by atoms with E-state index in [-0.39, 0.29) is 12.0 Å². The van der Waals surface area contributed by atoms with E-state index < -0.39 is 0 Å². The minimum atomic E-state index is -0.269. The van der Waals surface area contributed by atoms with Crippen LogP contribution in [0.5, 0.6) is 5.75 Å². The molecule has 1 aromatic carbocycles. The molecule has 0 spiro atoms. The molecule has 1 atom stereocenters. The first-order valence-electron chi connectivity index (χ1n) is 8.43. The fourth-order valence-electron chi connectivity index (χ4n) is 2.78. The maximum atomic E-state index is 12.4. The zero-order valence-electron chi connectivity index (χ0n) is 14.5. The van der Waals surface area contributed by atoms with Gasteiger partial charge in [0.25, 0.3) is 5.91 Å². The fourth-order valence-corrected chi connectivity index (χ4v) is 2.78. The zero-order chi connectivity index (χ0) is 17.6. The number of carbonyl (C=O) groups is 1. The van der Waals surface area contributed by atoms with Crippen molar-refractivity contribution in [2.45, 2.75) is 25.9 Å². The van der Waals surface area contributed by atoms with Gasteiger partial charge in [0.15, 0.2) is 0 Å². The van der Waals surface area contributed by atoms with Gasteiger partial charge in [-0.2, -0.15) is 0 Å². The number of nitrogens with one attached hydrogen (secondary N) is 2. The van der Waals surface area contributed by atoms with Crippen molar-refractivity contribution in [2.75, 3.05) is 30.9 Å². The summed E-state index contributed by atoms with van der Waals surface area (Å²) in [6, 6.07) is 9.19. The maximum absolute atomic E-state index is 12.4. The second kappa shape index (κ2) is 7.98. The molecule has 1 amide bonds. The Balaban J connectivity index is 1.61. The first kappa shape index (κ1) is 17.2. The van der Waals surface area contributed by atoms with Gasteiger partial charge in [-0.25, -0.2) is 4.98 Å². The summed E-state index contributed by atoms with van der Waals surface area (Å²) in [4.78, 5) is 16.6. The lowest BCUT2D eigenvalue weighted by Crippen LogP contribution is -2.19. The van der Waals surface area contributed by atoms with Crippen LogP contribution in [0.3, 0.4) is 0 Å². The van der Waals surface area contributed by atoms with Gasteiger partial charge in [-0.15, -0.1) is 0 Å². The summed E-state index contributed by atoms with van der Waals surface area (Å²) < 4.78 is 10.9. The van der Waals surface area contributed by atoms with E-state index in [1.165, 1.54) is 0 Å². The highest BCUT2D eigenvalue weighted by molar-refractivity contribution is 6.03. The molecule has 1 aliphatic heterocycles. The molecule has 1 aliphatic rings. The number of ether oxygens (including phenoxy) is 2. The molecule has 0 bridgehead atoms. The van der Waals surface area contributed by atoms with Crippen LogP contribution in [0.15, 0.2) is 36.5 Å². The largest absolute Gasteiger partial charge is 0.495 e. The van der Waals surface area contributed by atoms with Crippen molar-refractivity contribution in [3.8, 4) is 5.75 Å². The number of hydrogen-bond acceptors (Lipinski definition) is 5. The van der Waals surface area contributed by atoms with Gasteiger partial charge in [0, 0.05) is 13.2 Å². The molecule has 2 heterocycles. The number of benzene rings is 1. The van der Waals surface area contributed by atoms with E-state index >= 15 is 0 Å². The average Bonchev–Trinajstić information content (AvgIpc) is 3.14. The molecule has 0 aliphatic carbocycles. The molecule has 1 fully saturated rings. The van der Waals surface area contributed by atoms with Crippen molar-refractivity contribution < 1.29 is 14.3 Å². The summed E-state index contributed by atoms with van der Waals surface area (Å²) in [5, 5.41) is 6.14. The highest BCUT2D eigenvalue weighted by Crippen LogP contribution is 2.25. The van der Waals surface area contributed by atoms with Crippen molar-refractivity contribution in [3.63, 3.8) is 0 Å². The molecule has 2 aromatic rings. The lowest BCUT2D eigenvalue weighted by Gasteiger charge is -2.12. The number of anilines is 2. The summed E-state index contributed by atoms with van der Waals surface area (Å²) in [6.07, 6.45) is 4.12. The molecule has 6 nitrogen and oxygen atoms in total. The number of carbonyl (C=O) groups excluding carboxylic acids is 1. The summed E-state index contributed by atoms with van der Waals surface area (Å²) in [6.45, 7) is 3.56. The Morgan fingerprint density at radius 2 is 2.24 bits per heavy atom. The molecular weight excluding hydrogens is 318 g/mol. The van der Waals surface area contributed by atoms with Crippen LogP contribution < -0.4 is 15.4 Å². The van der Waals surface area contributed by atoms with Crippen LogP contribution in [0.4, 0.5) is 11.4 Å². The van der Waals surface area contributed by atoms with E-state index in [1.807, 2.05) is 31.2 Å². The highest BCUT2D eigenvalue weighted by Gasteiger charge is 2.15. The molecule has 0 radical (unpaired) electrons. The first-order chi connectivity index (χ1) is 12.2. The molecule has 6 heteroatoms. The van der Waals surface area contributed by atoms with Crippen LogP contribution in [-0.4, -0.2) is 37.3 Å². The van der Waals surface area contributed by atoms with E-state index in [0.29, 0.717) is 17.1 Å². The van der Waals surface area contributed by atoms with Gasteiger partial charge in [0.2, 0.25) is 0 Å². The zero-order valence-corrected chi connectivity index (χ0v) is 14.5. The molecule has 1 aromatic heterocycles. The maximum Gasteiger partial charge on any atom is 0.274 e. The highest BCUT2D eigenvalue weighted by atomic mass is 16.5. The Morgan fingerprint density at radius 1 is 1.36 bits per heavy atom. The smallest absolute Gasteiger partial charge is 0.274 e. The van der Waals surface area contributed by atoms with Gasteiger partial charge in [0.05, 0.1) is 30.8 Å². The van der Waals surface area contributed by atoms with Crippen LogP contribution in [0.1, 0.15) is 28.9 Å². The Morgan fingerprint density at radius 3 is 2.92 bits per heavy atom. The third kappa shape index (κ3) is 4.48. The van der Waals surface area contributed by atoms with Gasteiger partial charge in [-0.1, -0.05) is 6.07 Å². The monoisotopic (exact) mass is 341 g/mol.